The van der Waals surface area contributed by atoms with Gasteiger partial charge in [-0.05, 0) is 23.3 Å². The first-order valence-corrected chi connectivity index (χ1v) is 7.50. The van der Waals surface area contributed by atoms with Gasteiger partial charge in [-0.1, -0.05) is 11.8 Å². The maximum Gasteiger partial charge on any atom is 0.306 e. The average Bonchev–Trinajstić information content (AvgIpc) is 3.19. The molecule has 0 spiro atoms. The van der Waals surface area contributed by atoms with Crippen molar-refractivity contribution in [2.24, 2.45) is 0 Å². The van der Waals surface area contributed by atoms with Gasteiger partial charge in [0.15, 0.2) is 0 Å². The molecule has 9 nitrogen and oxygen atoms in total. The summed E-state index contributed by atoms with van der Waals surface area (Å²) >= 11 is 1.26. The number of carbonyl (C=O) groups is 2. The van der Waals surface area contributed by atoms with Crippen molar-refractivity contribution in [1.82, 2.24) is 25.5 Å². The van der Waals surface area contributed by atoms with Crippen molar-refractivity contribution >= 4 is 23.6 Å². The summed E-state index contributed by atoms with van der Waals surface area (Å²) in [6, 6.07) is 0.360. The molecule has 1 aliphatic carbocycles. The molecule has 10 heteroatoms. The van der Waals surface area contributed by atoms with E-state index in [-0.39, 0.29) is 24.6 Å². The minimum absolute atomic E-state index is 0.149. The number of aliphatic carboxylic acids is 1. The number of carbonyl (C=O) groups excluding carboxylic acids is 1. The molecule has 1 aromatic heterocycles. The smallest absolute Gasteiger partial charge is 0.306 e. The number of nitrogens with one attached hydrogen (secondary N) is 1. The SMILES string of the molecule is COC(CNC(=O)CSc1nnnn1C1CC1)CC(=O)O. The molecule has 1 atom stereocenters. The number of rotatable bonds is 9. The Balaban J connectivity index is 1.71. The fraction of sp³-hybridized carbons (Fsp3) is 0.727. The Bertz CT molecular complexity index is 505. The molecular formula is C11H17N5O4S. The lowest BCUT2D eigenvalue weighted by Crippen LogP contribution is -2.35. The predicted molar refractivity (Wildman–Crippen MR) is 72.9 cm³/mol. The van der Waals surface area contributed by atoms with Crippen LogP contribution in [0.5, 0.6) is 0 Å². The van der Waals surface area contributed by atoms with Gasteiger partial charge in [0.1, 0.15) is 0 Å². The molecule has 1 aromatic rings. The highest BCUT2D eigenvalue weighted by Crippen LogP contribution is 2.36. The van der Waals surface area contributed by atoms with Crippen LogP contribution in [0.1, 0.15) is 25.3 Å². The highest BCUT2D eigenvalue weighted by Gasteiger charge is 2.28. The normalized spacial score (nSPS) is 15.7. The Hall–Kier alpha value is -1.68. The summed E-state index contributed by atoms with van der Waals surface area (Å²) in [5, 5.41) is 23.3. The van der Waals surface area contributed by atoms with Gasteiger partial charge < -0.3 is 15.2 Å². The molecule has 21 heavy (non-hydrogen) atoms. The van der Waals surface area contributed by atoms with E-state index in [0.717, 1.165) is 12.8 Å². The monoisotopic (exact) mass is 315 g/mol. The number of methoxy groups -OCH3 is 1. The lowest BCUT2D eigenvalue weighted by molar-refractivity contribution is -0.140. The van der Waals surface area contributed by atoms with Crippen LogP contribution in [0.4, 0.5) is 0 Å². The molecule has 1 aliphatic rings. The van der Waals surface area contributed by atoms with E-state index in [0.29, 0.717) is 11.2 Å². The summed E-state index contributed by atoms with van der Waals surface area (Å²) in [6.45, 7) is 0.162. The molecule has 116 valence electrons. The summed E-state index contributed by atoms with van der Waals surface area (Å²) in [5.41, 5.74) is 0. The number of hydrogen-bond acceptors (Lipinski definition) is 7. The summed E-state index contributed by atoms with van der Waals surface area (Å²) in [5.74, 6) is -0.997. The molecule has 2 N–H and O–H groups in total. The third-order valence-electron chi connectivity index (χ3n) is 2.95. The minimum atomic E-state index is -0.964. The second-order valence-corrected chi connectivity index (χ2v) is 5.63. The van der Waals surface area contributed by atoms with Crippen LogP contribution in [0.2, 0.25) is 0 Å². The van der Waals surface area contributed by atoms with Crippen molar-refractivity contribution in [2.75, 3.05) is 19.4 Å². The van der Waals surface area contributed by atoms with E-state index in [2.05, 4.69) is 20.8 Å². The average molecular weight is 315 g/mol. The first-order valence-electron chi connectivity index (χ1n) is 6.52. The van der Waals surface area contributed by atoms with Gasteiger partial charge in [-0.3, -0.25) is 9.59 Å². The van der Waals surface area contributed by atoms with Crippen molar-refractivity contribution < 1.29 is 19.4 Å². The van der Waals surface area contributed by atoms with Gasteiger partial charge in [0.25, 0.3) is 0 Å². The second-order valence-electron chi connectivity index (χ2n) is 4.69. The quantitative estimate of drug-likeness (QED) is 0.596. The summed E-state index contributed by atoms with van der Waals surface area (Å²) in [7, 11) is 1.41. The highest BCUT2D eigenvalue weighted by atomic mass is 32.2. The molecule has 0 radical (unpaired) electrons. The van der Waals surface area contributed by atoms with Crippen LogP contribution in [0, 0.1) is 0 Å². The molecule has 0 aromatic carbocycles. The van der Waals surface area contributed by atoms with Gasteiger partial charge in [0.2, 0.25) is 11.1 Å². The van der Waals surface area contributed by atoms with Crippen molar-refractivity contribution in [3.63, 3.8) is 0 Å². The number of hydrogen-bond donors (Lipinski definition) is 2. The second kappa shape index (κ2) is 7.36. The van der Waals surface area contributed by atoms with Crippen LogP contribution in [-0.4, -0.2) is 62.7 Å². The Morgan fingerprint density at radius 2 is 2.33 bits per heavy atom. The summed E-state index contributed by atoms with van der Waals surface area (Å²) < 4.78 is 6.72. The first kappa shape index (κ1) is 15.7. The zero-order valence-corrected chi connectivity index (χ0v) is 12.4. The van der Waals surface area contributed by atoms with Crippen LogP contribution < -0.4 is 5.32 Å². The van der Waals surface area contributed by atoms with Gasteiger partial charge in [0, 0.05) is 13.7 Å². The number of tetrazole rings is 1. The van der Waals surface area contributed by atoms with Gasteiger partial charge in [-0.25, -0.2) is 4.68 Å². The van der Waals surface area contributed by atoms with Crippen molar-refractivity contribution in [3.05, 3.63) is 0 Å². The van der Waals surface area contributed by atoms with E-state index in [1.54, 1.807) is 4.68 Å². The number of amides is 1. The van der Waals surface area contributed by atoms with Crippen LogP contribution in [0.25, 0.3) is 0 Å². The Kier molecular flexibility index (Phi) is 5.51. The van der Waals surface area contributed by atoms with Gasteiger partial charge in [0.05, 0.1) is 24.3 Å². The molecule has 2 rings (SSSR count). The zero-order chi connectivity index (χ0) is 15.2. The fourth-order valence-electron chi connectivity index (χ4n) is 1.67. The molecule has 0 aliphatic heterocycles. The minimum Gasteiger partial charge on any atom is -0.481 e. The van der Waals surface area contributed by atoms with E-state index < -0.39 is 12.1 Å². The zero-order valence-electron chi connectivity index (χ0n) is 11.6. The van der Waals surface area contributed by atoms with Crippen LogP contribution in [0.15, 0.2) is 5.16 Å². The number of carboxylic acid groups (broad SMARTS) is 1. The number of nitrogens with zero attached hydrogens (tertiary/aromatic N) is 4. The Morgan fingerprint density at radius 3 is 2.95 bits per heavy atom. The Labute approximate surface area is 125 Å². The number of thioether (sulfide) groups is 1. The molecule has 1 fully saturated rings. The van der Waals surface area contributed by atoms with E-state index >= 15 is 0 Å². The third-order valence-corrected chi connectivity index (χ3v) is 3.88. The van der Waals surface area contributed by atoms with Gasteiger partial charge >= 0.3 is 5.97 Å². The number of carboxylic acids is 1. The topological polar surface area (TPSA) is 119 Å². The standard InChI is InChI=1S/C11H17N5O4S/c1-20-8(4-10(18)19)5-12-9(17)6-21-11-13-14-15-16(11)7-2-3-7/h7-8H,2-6H2,1H3,(H,12,17)(H,18,19). The summed E-state index contributed by atoms with van der Waals surface area (Å²) in [6.07, 6.45) is 1.45. The predicted octanol–water partition coefficient (Wildman–Crippen LogP) is -0.294. The summed E-state index contributed by atoms with van der Waals surface area (Å²) in [4.78, 5) is 22.3. The van der Waals surface area contributed by atoms with Crippen molar-refractivity contribution in [1.29, 1.82) is 0 Å². The number of ether oxygens (including phenoxy) is 1. The lowest BCUT2D eigenvalue weighted by atomic mass is 10.2. The van der Waals surface area contributed by atoms with Crippen molar-refractivity contribution in [2.45, 2.75) is 36.6 Å². The van der Waals surface area contributed by atoms with E-state index in [1.165, 1.54) is 18.9 Å². The molecule has 1 heterocycles. The first-order chi connectivity index (χ1) is 10.1. The third kappa shape index (κ3) is 4.97. The number of aromatic nitrogens is 4. The van der Waals surface area contributed by atoms with Crippen LogP contribution in [0.3, 0.4) is 0 Å². The lowest BCUT2D eigenvalue weighted by Gasteiger charge is -2.13. The maximum absolute atomic E-state index is 11.7. The van der Waals surface area contributed by atoms with E-state index in [9.17, 15) is 9.59 Å². The van der Waals surface area contributed by atoms with E-state index in [1.807, 2.05) is 0 Å². The largest absolute Gasteiger partial charge is 0.481 e. The maximum atomic E-state index is 11.7. The molecule has 0 bridgehead atoms. The molecule has 1 amide bonds. The molecular weight excluding hydrogens is 298 g/mol. The van der Waals surface area contributed by atoms with Crippen molar-refractivity contribution in [3.8, 4) is 0 Å². The molecule has 1 saturated carbocycles. The van der Waals surface area contributed by atoms with Crippen LogP contribution in [-0.2, 0) is 14.3 Å². The fourth-order valence-corrected chi connectivity index (χ4v) is 2.45. The van der Waals surface area contributed by atoms with E-state index in [4.69, 9.17) is 9.84 Å². The van der Waals surface area contributed by atoms with Gasteiger partial charge in [-0.2, -0.15) is 0 Å². The Morgan fingerprint density at radius 1 is 1.57 bits per heavy atom. The molecule has 0 saturated heterocycles. The molecule has 1 unspecified atom stereocenters. The highest BCUT2D eigenvalue weighted by molar-refractivity contribution is 7.99. The van der Waals surface area contributed by atoms with Crippen LogP contribution >= 0.6 is 11.8 Å². The van der Waals surface area contributed by atoms with Gasteiger partial charge in [-0.15, -0.1) is 5.10 Å².